The van der Waals surface area contributed by atoms with Crippen LogP contribution in [-0.2, 0) is 23.9 Å². The summed E-state index contributed by atoms with van der Waals surface area (Å²) >= 11 is 0. The molecule has 108 valence electrons. The van der Waals surface area contributed by atoms with Gasteiger partial charge < -0.3 is 19.9 Å². The van der Waals surface area contributed by atoms with Crippen LogP contribution in [0.3, 0.4) is 0 Å². The van der Waals surface area contributed by atoms with E-state index in [0.29, 0.717) is 6.42 Å². The molecule has 3 atom stereocenters. The van der Waals surface area contributed by atoms with Crippen LogP contribution in [0.2, 0.25) is 0 Å². The molecule has 0 bridgehead atoms. The number of rotatable bonds is 5. The number of methoxy groups -OCH3 is 1. The number of carboxylic acids is 1. The van der Waals surface area contributed by atoms with E-state index in [2.05, 4.69) is 10.1 Å². The summed E-state index contributed by atoms with van der Waals surface area (Å²) in [7, 11) is 1.25. The first-order valence-corrected chi connectivity index (χ1v) is 6.13. The lowest BCUT2D eigenvalue weighted by atomic mass is 10.0. The second kappa shape index (κ2) is 6.51. The average molecular weight is 273 g/mol. The van der Waals surface area contributed by atoms with E-state index in [0.717, 1.165) is 0 Å². The van der Waals surface area contributed by atoms with E-state index < -0.39 is 36.1 Å². The minimum atomic E-state index is -1.08. The Bertz CT molecular complexity index is 367. The molecule has 0 aromatic carbocycles. The fourth-order valence-electron chi connectivity index (χ4n) is 1.88. The van der Waals surface area contributed by atoms with Crippen molar-refractivity contribution < 1.29 is 29.0 Å². The van der Waals surface area contributed by atoms with Crippen molar-refractivity contribution in [3.8, 4) is 0 Å². The molecule has 0 radical (unpaired) electrons. The van der Waals surface area contributed by atoms with Crippen molar-refractivity contribution in [3.63, 3.8) is 0 Å². The van der Waals surface area contributed by atoms with Crippen LogP contribution in [-0.4, -0.2) is 48.3 Å². The number of carbonyl (C=O) groups excluding carboxylic acids is 2. The molecule has 1 amide bonds. The molecular weight excluding hydrogens is 254 g/mol. The van der Waals surface area contributed by atoms with Crippen molar-refractivity contribution >= 4 is 17.8 Å². The molecule has 1 saturated heterocycles. The minimum Gasteiger partial charge on any atom is -0.479 e. The van der Waals surface area contributed by atoms with E-state index in [9.17, 15) is 14.4 Å². The summed E-state index contributed by atoms with van der Waals surface area (Å²) < 4.78 is 9.72. The van der Waals surface area contributed by atoms with Crippen molar-refractivity contribution in [1.29, 1.82) is 0 Å². The summed E-state index contributed by atoms with van der Waals surface area (Å²) in [6.45, 7) is 3.55. The zero-order valence-electron chi connectivity index (χ0n) is 11.2. The van der Waals surface area contributed by atoms with Crippen LogP contribution >= 0.6 is 0 Å². The molecule has 2 N–H and O–H groups in total. The lowest BCUT2D eigenvalue weighted by molar-refractivity contribution is -0.154. The summed E-state index contributed by atoms with van der Waals surface area (Å²) in [6.07, 6.45) is -1.16. The fourth-order valence-corrected chi connectivity index (χ4v) is 1.88. The number of ether oxygens (including phenoxy) is 2. The monoisotopic (exact) mass is 273 g/mol. The molecule has 0 saturated carbocycles. The smallest absolute Gasteiger partial charge is 0.332 e. The quantitative estimate of drug-likeness (QED) is 0.680. The van der Waals surface area contributed by atoms with Gasteiger partial charge in [0.2, 0.25) is 5.91 Å². The highest BCUT2D eigenvalue weighted by molar-refractivity contribution is 5.87. The molecule has 1 aliphatic heterocycles. The summed E-state index contributed by atoms with van der Waals surface area (Å²) in [5.74, 6) is -2.22. The van der Waals surface area contributed by atoms with Crippen molar-refractivity contribution in [2.75, 3.05) is 7.11 Å². The number of esters is 1. The Morgan fingerprint density at radius 2 is 1.84 bits per heavy atom. The fraction of sp³-hybridized carbons (Fsp3) is 0.750. The molecule has 1 heterocycles. The topological polar surface area (TPSA) is 102 Å². The van der Waals surface area contributed by atoms with Crippen molar-refractivity contribution in [1.82, 2.24) is 5.32 Å². The largest absolute Gasteiger partial charge is 0.479 e. The molecule has 0 spiro atoms. The van der Waals surface area contributed by atoms with Crippen LogP contribution in [0.25, 0.3) is 0 Å². The third-order valence-electron chi connectivity index (χ3n) is 3.01. The molecule has 0 aliphatic carbocycles. The van der Waals surface area contributed by atoms with Crippen molar-refractivity contribution in [2.45, 2.75) is 44.9 Å². The van der Waals surface area contributed by atoms with Gasteiger partial charge in [-0.3, -0.25) is 4.79 Å². The number of hydrogen-bond donors (Lipinski definition) is 2. The molecule has 0 aromatic rings. The lowest BCUT2D eigenvalue weighted by Crippen LogP contribution is -2.48. The van der Waals surface area contributed by atoms with Gasteiger partial charge in [0.1, 0.15) is 12.1 Å². The van der Waals surface area contributed by atoms with E-state index in [1.54, 1.807) is 13.8 Å². The number of nitrogens with one attached hydrogen (secondary N) is 1. The Kier molecular flexibility index (Phi) is 5.29. The van der Waals surface area contributed by atoms with E-state index in [1.165, 1.54) is 7.11 Å². The predicted molar refractivity (Wildman–Crippen MR) is 64.3 cm³/mol. The van der Waals surface area contributed by atoms with E-state index in [-0.39, 0.29) is 12.3 Å². The van der Waals surface area contributed by atoms with Gasteiger partial charge in [0.05, 0.1) is 7.11 Å². The summed E-state index contributed by atoms with van der Waals surface area (Å²) in [5.41, 5.74) is 0. The second-order valence-corrected chi connectivity index (χ2v) is 4.78. The standard InChI is InChI=1S/C12H19NO6/c1-6(2)9(12(17)18-3)13-10(14)7-4-5-8(19-7)11(15)16/h6-9H,4-5H2,1-3H3,(H,13,14)(H,15,16)/t7-,8+,9?/m0/s1. The summed E-state index contributed by atoms with van der Waals surface area (Å²) in [6, 6.07) is -0.759. The Hall–Kier alpha value is -1.63. The third kappa shape index (κ3) is 3.92. The van der Waals surface area contributed by atoms with Gasteiger partial charge >= 0.3 is 11.9 Å². The van der Waals surface area contributed by atoms with Crippen LogP contribution in [0, 0.1) is 5.92 Å². The summed E-state index contributed by atoms with van der Waals surface area (Å²) in [4.78, 5) is 34.1. The Balaban J connectivity index is 2.59. The van der Waals surface area contributed by atoms with Crippen LogP contribution in [0.1, 0.15) is 26.7 Å². The van der Waals surface area contributed by atoms with Gasteiger partial charge in [0, 0.05) is 0 Å². The molecule has 7 nitrogen and oxygen atoms in total. The maximum Gasteiger partial charge on any atom is 0.332 e. The SMILES string of the molecule is COC(=O)C(NC(=O)[C@@H]1CC[C@H](C(=O)O)O1)C(C)C. The van der Waals surface area contributed by atoms with Gasteiger partial charge in [-0.2, -0.15) is 0 Å². The first-order valence-electron chi connectivity index (χ1n) is 6.13. The van der Waals surface area contributed by atoms with Crippen LogP contribution in [0.5, 0.6) is 0 Å². The highest BCUT2D eigenvalue weighted by atomic mass is 16.5. The van der Waals surface area contributed by atoms with Gasteiger partial charge in [0.15, 0.2) is 6.10 Å². The maximum atomic E-state index is 11.9. The van der Waals surface area contributed by atoms with E-state index in [1.807, 2.05) is 0 Å². The highest BCUT2D eigenvalue weighted by Crippen LogP contribution is 2.20. The predicted octanol–water partition coefficient (Wildman–Crippen LogP) is -0.0676. The lowest BCUT2D eigenvalue weighted by Gasteiger charge is -2.21. The molecule has 0 aromatic heterocycles. The Morgan fingerprint density at radius 1 is 1.26 bits per heavy atom. The van der Waals surface area contributed by atoms with Crippen LogP contribution in [0.15, 0.2) is 0 Å². The number of carboxylic acid groups (broad SMARTS) is 1. The molecule has 7 heteroatoms. The first-order chi connectivity index (χ1) is 8.86. The van der Waals surface area contributed by atoms with Crippen LogP contribution in [0.4, 0.5) is 0 Å². The molecule has 1 unspecified atom stereocenters. The van der Waals surface area contributed by atoms with Gasteiger partial charge in [-0.15, -0.1) is 0 Å². The number of amides is 1. The third-order valence-corrected chi connectivity index (χ3v) is 3.01. The van der Waals surface area contributed by atoms with Crippen LogP contribution < -0.4 is 5.32 Å². The summed E-state index contributed by atoms with van der Waals surface area (Å²) in [5, 5.41) is 11.3. The Labute approximate surface area is 111 Å². The first kappa shape index (κ1) is 15.4. The molecule has 1 rings (SSSR count). The minimum absolute atomic E-state index is 0.131. The second-order valence-electron chi connectivity index (χ2n) is 4.78. The molecule has 1 aliphatic rings. The average Bonchev–Trinajstić information content (AvgIpc) is 2.84. The zero-order valence-corrected chi connectivity index (χ0v) is 11.2. The van der Waals surface area contributed by atoms with E-state index >= 15 is 0 Å². The van der Waals surface area contributed by atoms with E-state index in [4.69, 9.17) is 9.84 Å². The highest BCUT2D eigenvalue weighted by Gasteiger charge is 2.36. The molecular formula is C12H19NO6. The van der Waals surface area contributed by atoms with Gasteiger partial charge in [0.25, 0.3) is 0 Å². The number of aliphatic carboxylic acids is 1. The molecule has 1 fully saturated rings. The number of hydrogen-bond acceptors (Lipinski definition) is 5. The zero-order chi connectivity index (χ0) is 14.6. The van der Waals surface area contributed by atoms with Crippen molar-refractivity contribution in [3.05, 3.63) is 0 Å². The van der Waals surface area contributed by atoms with Gasteiger partial charge in [-0.25, -0.2) is 9.59 Å². The number of carbonyl (C=O) groups is 3. The Morgan fingerprint density at radius 3 is 2.26 bits per heavy atom. The normalized spacial score (nSPS) is 24.0. The van der Waals surface area contributed by atoms with Gasteiger partial charge in [-0.1, -0.05) is 13.8 Å². The van der Waals surface area contributed by atoms with Gasteiger partial charge in [-0.05, 0) is 18.8 Å². The van der Waals surface area contributed by atoms with Crippen molar-refractivity contribution in [2.24, 2.45) is 5.92 Å². The maximum absolute atomic E-state index is 11.9. The molecule has 19 heavy (non-hydrogen) atoms.